The van der Waals surface area contributed by atoms with Crippen molar-refractivity contribution in [3.8, 4) is 0 Å². The number of aromatic amines is 1. The van der Waals surface area contributed by atoms with Gasteiger partial charge in [0.2, 0.25) is 0 Å². The summed E-state index contributed by atoms with van der Waals surface area (Å²) in [5.41, 5.74) is 6.44. The molecule has 0 fully saturated rings. The summed E-state index contributed by atoms with van der Waals surface area (Å²) in [6, 6.07) is 3.87. The van der Waals surface area contributed by atoms with E-state index in [1.165, 1.54) is 11.8 Å². The fraction of sp³-hybridized carbons (Fsp3) is 0.364. The number of hydrogen-bond acceptors (Lipinski definition) is 5. The van der Waals surface area contributed by atoms with Crippen molar-refractivity contribution in [3.05, 3.63) is 34.4 Å². The van der Waals surface area contributed by atoms with Crippen LogP contribution < -0.4 is 11.4 Å². The van der Waals surface area contributed by atoms with Crippen molar-refractivity contribution in [1.29, 1.82) is 0 Å². The van der Waals surface area contributed by atoms with Crippen molar-refractivity contribution in [2.24, 2.45) is 5.73 Å². The zero-order valence-electron chi connectivity index (χ0n) is 10.1. The van der Waals surface area contributed by atoms with E-state index in [-0.39, 0.29) is 5.69 Å². The molecule has 0 saturated carbocycles. The van der Waals surface area contributed by atoms with Gasteiger partial charge in [-0.2, -0.15) is 0 Å². The number of aromatic nitrogens is 4. The van der Waals surface area contributed by atoms with Crippen molar-refractivity contribution >= 4 is 11.8 Å². The molecular weight excluding hydrogens is 250 g/mol. The lowest BCUT2D eigenvalue weighted by atomic mass is 10.2. The first-order valence-corrected chi connectivity index (χ1v) is 6.55. The Balaban J connectivity index is 2.31. The maximum absolute atomic E-state index is 11.5. The normalized spacial score (nSPS) is 10.8. The van der Waals surface area contributed by atoms with Gasteiger partial charge in [-0.15, -0.1) is 5.10 Å². The van der Waals surface area contributed by atoms with Crippen LogP contribution in [0.5, 0.6) is 0 Å². The van der Waals surface area contributed by atoms with E-state index in [0.717, 1.165) is 17.0 Å². The van der Waals surface area contributed by atoms with E-state index >= 15 is 0 Å². The Morgan fingerprint density at radius 2 is 2.39 bits per heavy atom. The molecule has 0 amide bonds. The average Bonchev–Trinajstić information content (AvgIpc) is 2.72. The summed E-state index contributed by atoms with van der Waals surface area (Å²) >= 11 is 1.38. The van der Waals surface area contributed by atoms with Crippen LogP contribution in [0.25, 0.3) is 0 Å². The van der Waals surface area contributed by atoms with E-state index < -0.39 is 0 Å². The fourth-order valence-electron chi connectivity index (χ4n) is 1.61. The van der Waals surface area contributed by atoms with E-state index in [9.17, 15) is 4.79 Å². The molecule has 6 nitrogen and oxygen atoms in total. The SMILES string of the molecule is CCn1c(Sc2ncccc2CCN)n[nH]c1=O. The van der Waals surface area contributed by atoms with Crippen LogP contribution in [0.3, 0.4) is 0 Å². The van der Waals surface area contributed by atoms with Crippen LogP contribution >= 0.6 is 11.8 Å². The molecule has 2 rings (SSSR count). The highest BCUT2D eigenvalue weighted by Gasteiger charge is 2.11. The van der Waals surface area contributed by atoms with Gasteiger partial charge in [0, 0.05) is 12.7 Å². The van der Waals surface area contributed by atoms with Crippen LogP contribution in [-0.2, 0) is 13.0 Å². The Morgan fingerprint density at radius 1 is 1.56 bits per heavy atom. The van der Waals surface area contributed by atoms with Gasteiger partial charge in [-0.05, 0) is 43.3 Å². The Hall–Kier alpha value is -1.60. The van der Waals surface area contributed by atoms with Gasteiger partial charge in [0.25, 0.3) is 0 Å². The molecule has 0 unspecified atom stereocenters. The number of pyridine rings is 1. The quantitative estimate of drug-likeness (QED) is 0.828. The van der Waals surface area contributed by atoms with Gasteiger partial charge in [-0.3, -0.25) is 4.57 Å². The van der Waals surface area contributed by atoms with Crippen LogP contribution in [0, 0.1) is 0 Å². The van der Waals surface area contributed by atoms with Gasteiger partial charge < -0.3 is 5.73 Å². The van der Waals surface area contributed by atoms with Crippen LogP contribution in [0.2, 0.25) is 0 Å². The Bertz CT molecular complexity index is 577. The Labute approximate surface area is 109 Å². The van der Waals surface area contributed by atoms with Crippen LogP contribution in [-0.4, -0.2) is 26.3 Å². The third kappa shape index (κ3) is 2.62. The third-order valence-corrected chi connectivity index (χ3v) is 3.55. The van der Waals surface area contributed by atoms with Crippen molar-refractivity contribution in [2.45, 2.75) is 30.1 Å². The molecular formula is C11H15N5OS. The zero-order valence-corrected chi connectivity index (χ0v) is 10.9. The smallest absolute Gasteiger partial charge is 0.330 e. The highest BCUT2D eigenvalue weighted by molar-refractivity contribution is 7.99. The van der Waals surface area contributed by atoms with Crippen LogP contribution in [0.4, 0.5) is 0 Å². The summed E-state index contributed by atoms with van der Waals surface area (Å²) in [7, 11) is 0. The highest BCUT2D eigenvalue weighted by atomic mass is 32.2. The lowest BCUT2D eigenvalue weighted by Crippen LogP contribution is -2.16. The predicted molar refractivity (Wildman–Crippen MR) is 69.6 cm³/mol. The van der Waals surface area contributed by atoms with Crippen molar-refractivity contribution < 1.29 is 0 Å². The minimum absolute atomic E-state index is 0.198. The molecule has 0 atom stereocenters. The molecule has 0 radical (unpaired) electrons. The van der Waals surface area contributed by atoms with E-state index in [1.54, 1.807) is 10.8 Å². The number of nitrogens with two attached hydrogens (primary N) is 1. The largest absolute Gasteiger partial charge is 0.343 e. The topological polar surface area (TPSA) is 89.6 Å². The number of hydrogen-bond donors (Lipinski definition) is 2. The molecule has 0 aliphatic carbocycles. The van der Waals surface area contributed by atoms with Crippen molar-refractivity contribution in [1.82, 2.24) is 19.7 Å². The van der Waals surface area contributed by atoms with Crippen molar-refractivity contribution in [2.75, 3.05) is 6.54 Å². The van der Waals surface area contributed by atoms with Gasteiger partial charge in [0.15, 0.2) is 5.16 Å². The lowest BCUT2D eigenvalue weighted by Gasteiger charge is -2.06. The summed E-state index contributed by atoms with van der Waals surface area (Å²) in [5.74, 6) is 0. The molecule has 2 heterocycles. The molecule has 7 heteroatoms. The predicted octanol–water partition coefficient (Wildman–Crippen LogP) is 0.639. The number of nitrogens with zero attached hydrogens (tertiary/aromatic N) is 3. The first-order chi connectivity index (χ1) is 8.76. The highest BCUT2D eigenvalue weighted by Crippen LogP contribution is 2.26. The fourth-order valence-corrected chi connectivity index (χ4v) is 2.61. The summed E-state index contributed by atoms with van der Waals surface area (Å²) in [6.07, 6.45) is 2.49. The summed E-state index contributed by atoms with van der Waals surface area (Å²) in [6.45, 7) is 3.05. The second kappa shape index (κ2) is 5.83. The van der Waals surface area contributed by atoms with Gasteiger partial charge in [0.1, 0.15) is 5.03 Å². The van der Waals surface area contributed by atoms with E-state index in [0.29, 0.717) is 18.2 Å². The number of rotatable bonds is 5. The van der Waals surface area contributed by atoms with E-state index in [1.807, 2.05) is 19.1 Å². The Kier molecular flexibility index (Phi) is 4.16. The maximum atomic E-state index is 11.5. The molecule has 0 aromatic carbocycles. The molecule has 2 aromatic rings. The Morgan fingerprint density at radius 3 is 3.11 bits per heavy atom. The molecule has 0 spiro atoms. The molecule has 0 saturated heterocycles. The lowest BCUT2D eigenvalue weighted by molar-refractivity contribution is 0.659. The number of nitrogens with one attached hydrogen (secondary N) is 1. The second-order valence-corrected chi connectivity index (χ2v) is 4.62. The molecule has 18 heavy (non-hydrogen) atoms. The van der Waals surface area contributed by atoms with E-state index in [4.69, 9.17) is 5.73 Å². The standard InChI is InChI=1S/C11H15N5OS/c1-2-16-10(17)14-15-11(16)18-9-8(5-6-12)4-3-7-13-9/h3-4,7H,2,5-6,12H2,1H3,(H,14,17). The maximum Gasteiger partial charge on any atom is 0.343 e. The minimum atomic E-state index is -0.198. The van der Waals surface area contributed by atoms with Gasteiger partial charge in [-0.25, -0.2) is 14.9 Å². The van der Waals surface area contributed by atoms with Gasteiger partial charge in [-0.1, -0.05) is 6.07 Å². The monoisotopic (exact) mass is 265 g/mol. The van der Waals surface area contributed by atoms with Crippen molar-refractivity contribution in [3.63, 3.8) is 0 Å². The number of H-pyrrole nitrogens is 1. The molecule has 96 valence electrons. The second-order valence-electron chi connectivity index (χ2n) is 3.66. The molecule has 3 N–H and O–H groups in total. The zero-order chi connectivity index (χ0) is 13.0. The molecule has 0 bridgehead atoms. The summed E-state index contributed by atoms with van der Waals surface area (Å²) in [5, 5.41) is 7.91. The van der Waals surface area contributed by atoms with Gasteiger partial charge >= 0.3 is 5.69 Å². The summed E-state index contributed by atoms with van der Waals surface area (Å²) in [4.78, 5) is 15.8. The minimum Gasteiger partial charge on any atom is -0.330 e. The first-order valence-electron chi connectivity index (χ1n) is 5.73. The molecule has 0 aliphatic heterocycles. The van der Waals surface area contributed by atoms with Crippen LogP contribution in [0.1, 0.15) is 12.5 Å². The first kappa shape index (κ1) is 12.8. The van der Waals surface area contributed by atoms with Gasteiger partial charge in [0.05, 0.1) is 0 Å². The molecule has 2 aromatic heterocycles. The third-order valence-electron chi connectivity index (χ3n) is 2.49. The molecule has 0 aliphatic rings. The summed E-state index contributed by atoms with van der Waals surface area (Å²) < 4.78 is 1.57. The van der Waals surface area contributed by atoms with E-state index in [2.05, 4.69) is 15.2 Å². The average molecular weight is 265 g/mol. The van der Waals surface area contributed by atoms with Crippen LogP contribution in [0.15, 0.2) is 33.3 Å².